The number of aliphatic imine (C=N–C) groups is 1. The molecule has 0 atom stereocenters. The van der Waals surface area contributed by atoms with Crippen molar-refractivity contribution in [2.24, 2.45) is 4.99 Å². The maximum absolute atomic E-state index is 13.4. The van der Waals surface area contributed by atoms with Gasteiger partial charge < -0.3 is 5.11 Å². The molecule has 1 aromatic carbocycles. The molecule has 15 heavy (non-hydrogen) atoms. The molecule has 4 nitrogen and oxygen atoms in total. The Morgan fingerprint density at radius 2 is 2.20 bits per heavy atom. The summed E-state index contributed by atoms with van der Waals surface area (Å²) in [5.74, 6) is -3.03. The third-order valence-electron chi connectivity index (χ3n) is 1.98. The molecular formula is C9H3BrFNO3. The predicted molar refractivity (Wildman–Crippen MR) is 53.5 cm³/mol. The topological polar surface area (TPSA) is 66.7 Å². The fourth-order valence-corrected chi connectivity index (χ4v) is 1.77. The van der Waals surface area contributed by atoms with Gasteiger partial charge in [0.15, 0.2) is 5.82 Å². The van der Waals surface area contributed by atoms with E-state index in [1.807, 2.05) is 0 Å². The van der Waals surface area contributed by atoms with E-state index < -0.39 is 23.1 Å². The van der Waals surface area contributed by atoms with Gasteiger partial charge in [0.25, 0.3) is 0 Å². The molecule has 76 valence electrons. The number of rotatable bonds is 1. The van der Waals surface area contributed by atoms with Gasteiger partial charge >= 0.3 is 5.97 Å². The van der Waals surface area contributed by atoms with E-state index in [0.717, 1.165) is 6.21 Å². The number of nitrogens with zero attached hydrogens (tertiary/aromatic N) is 1. The molecule has 0 unspecified atom stereocenters. The molecule has 1 aromatic rings. The Bertz CT molecular complexity index is 525. The van der Waals surface area contributed by atoms with Crippen molar-refractivity contribution in [2.45, 2.75) is 0 Å². The molecule has 0 spiro atoms. The van der Waals surface area contributed by atoms with Crippen molar-refractivity contribution in [3.63, 3.8) is 0 Å². The minimum absolute atomic E-state index is 0.0227. The van der Waals surface area contributed by atoms with Gasteiger partial charge in [0.2, 0.25) is 5.78 Å². The van der Waals surface area contributed by atoms with Crippen LogP contribution in [0.1, 0.15) is 20.7 Å². The van der Waals surface area contributed by atoms with Crippen LogP contribution in [0.4, 0.5) is 10.1 Å². The predicted octanol–water partition coefficient (Wildman–Crippen LogP) is 2.19. The maximum Gasteiger partial charge on any atom is 0.339 e. The number of halogens is 2. The third-order valence-corrected chi connectivity index (χ3v) is 2.56. The first-order chi connectivity index (χ1) is 7.02. The molecule has 1 aliphatic heterocycles. The summed E-state index contributed by atoms with van der Waals surface area (Å²) in [7, 11) is 0. The number of hydrogen-bond acceptors (Lipinski definition) is 3. The first-order valence-corrected chi connectivity index (χ1v) is 4.65. The van der Waals surface area contributed by atoms with Crippen LogP contribution in [0.3, 0.4) is 0 Å². The van der Waals surface area contributed by atoms with Crippen molar-refractivity contribution in [3.05, 3.63) is 27.5 Å². The second-order valence-electron chi connectivity index (χ2n) is 2.87. The summed E-state index contributed by atoms with van der Waals surface area (Å²) in [6.45, 7) is 0. The SMILES string of the molecule is O=C1C=Nc2cc(Br)c(F)c(C(=O)O)c21. The number of aromatic carboxylic acids is 1. The van der Waals surface area contributed by atoms with Gasteiger partial charge in [0.05, 0.1) is 21.9 Å². The van der Waals surface area contributed by atoms with Crippen LogP contribution in [0, 0.1) is 5.82 Å². The lowest BCUT2D eigenvalue weighted by atomic mass is 10.0. The van der Waals surface area contributed by atoms with Gasteiger partial charge in [-0.2, -0.15) is 0 Å². The summed E-state index contributed by atoms with van der Waals surface area (Å²) in [5.41, 5.74) is -0.657. The fraction of sp³-hybridized carbons (Fsp3) is 0. The summed E-state index contributed by atoms with van der Waals surface area (Å²) < 4.78 is 13.4. The van der Waals surface area contributed by atoms with Gasteiger partial charge in [-0.25, -0.2) is 9.18 Å². The lowest BCUT2D eigenvalue weighted by Gasteiger charge is -2.05. The number of benzene rings is 1. The molecule has 1 heterocycles. The molecule has 0 bridgehead atoms. The van der Waals surface area contributed by atoms with E-state index in [4.69, 9.17) is 5.11 Å². The summed E-state index contributed by atoms with van der Waals surface area (Å²) in [6.07, 6.45) is 0.975. The van der Waals surface area contributed by atoms with Gasteiger partial charge in [-0.3, -0.25) is 9.79 Å². The number of Topliss-reactive ketones (excluding diaryl/α,β-unsaturated/α-hetero) is 1. The molecule has 0 aromatic heterocycles. The van der Waals surface area contributed by atoms with E-state index in [-0.39, 0.29) is 15.7 Å². The van der Waals surface area contributed by atoms with E-state index in [9.17, 15) is 14.0 Å². The monoisotopic (exact) mass is 271 g/mol. The Balaban J connectivity index is 2.84. The maximum atomic E-state index is 13.4. The molecule has 0 amide bonds. The number of fused-ring (bicyclic) bond motifs is 1. The Kier molecular flexibility index (Phi) is 2.15. The normalized spacial score (nSPS) is 13.1. The lowest BCUT2D eigenvalue weighted by Crippen LogP contribution is -2.09. The van der Waals surface area contributed by atoms with Gasteiger partial charge in [0.1, 0.15) is 5.56 Å². The van der Waals surface area contributed by atoms with Crippen molar-refractivity contribution in [1.29, 1.82) is 0 Å². The van der Waals surface area contributed by atoms with E-state index >= 15 is 0 Å². The number of carboxylic acids is 1. The highest BCUT2D eigenvalue weighted by Crippen LogP contribution is 2.34. The van der Waals surface area contributed by atoms with Gasteiger partial charge in [0, 0.05) is 0 Å². The van der Waals surface area contributed by atoms with Crippen molar-refractivity contribution in [1.82, 2.24) is 0 Å². The highest BCUT2D eigenvalue weighted by molar-refractivity contribution is 9.10. The van der Waals surface area contributed by atoms with E-state index in [2.05, 4.69) is 20.9 Å². The van der Waals surface area contributed by atoms with Gasteiger partial charge in [-0.1, -0.05) is 0 Å². The zero-order valence-corrected chi connectivity index (χ0v) is 8.71. The second kappa shape index (κ2) is 3.23. The molecule has 1 aliphatic rings. The molecule has 0 saturated carbocycles. The molecule has 2 rings (SSSR count). The minimum Gasteiger partial charge on any atom is -0.478 e. The van der Waals surface area contributed by atoms with Crippen LogP contribution < -0.4 is 0 Å². The van der Waals surface area contributed by atoms with Crippen LogP contribution in [0.25, 0.3) is 0 Å². The first kappa shape index (κ1) is 9.97. The van der Waals surface area contributed by atoms with Crippen molar-refractivity contribution in [2.75, 3.05) is 0 Å². The summed E-state index contributed by atoms with van der Waals surface area (Å²) in [5, 5.41) is 8.80. The van der Waals surface area contributed by atoms with Crippen molar-refractivity contribution in [3.8, 4) is 0 Å². The minimum atomic E-state index is -1.48. The molecule has 0 radical (unpaired) electrons. The van der Waals surface area contributed by atoms with Crippen LogP contribution in [0.15, 0.2) is 15.5 Å². The number of ketones is 1. The largest absolute Gasteiger partial charge is 0.478 e. The van der Waals surface area contributed by atoms with E-state index in [1.165, 1.54) is 6.07 Å². The number of hydrogen-bond donors (Lipinski definition) is 1. The molecule has 1 N–H and O–H groups in total. The van der Waals surface area contributed by atoms with E-state index in [1.54, 1.807) is 0 Å². The quantitative estimate of drug-likeness (QED) is 0.852. The van der Waals surface area contributed by atoms with Crippen LogP contribution in [0.2, 0.25) is 0 Å². The second-order valence-corrected chi connectivity index (χ2v) is 3.72. The van der Waals surface area contributed by atoms with Crippen molar-refractivity contribution < 1.29 is 19.1 Å². The summed E-state index contributed by atoms with van der Waals surface area (Å²) in [6, 6.07) is 1.28. The smallest absolute Gasteiger partial charge is 0.339 e. The first-order valence-electron chi connectivity index (χ1n) is 3.86. The Morgan fingerprint density at radius 3 is 2.80 bits per heavy atom. The van der Waals surface area contributed by atoms with Gasteiger partial charge in [-0.05, 0) is 22.0 Å². The molecular weight excluding hydrogens is 269 g/mol. The molecule has 0 aliphatic carbocycles. The average molecular weight is 272 g/mol. The van der Waals surface area contributed by atoms with Gasteiger partial charge in [-0.15, -0.1) is 0 Å². The fourth-order valence-electron chi connectivity index (χ4n) is 1.36. The highest BCUT2D eigenvalue weighted by Gasteiger charge is 2.28. The summed E-state index contributed by atoms with van der Waals surface area (Å²) >= 11 is 2.86. The zero-order valence-electron chi connectivity index (χ0n) is 7.12. The van der Waals surface area contributed by atoms with Crippen LogP contribution in [-0.2, 0) is 0 Å². The lowest BCUT2D eigenvalue weighted by molar-refractivity contribution is 0.0688. The summed E-state index contributed by atoms with van der Waals surface area (Å²) in [4.78, 5) is 25.8. The highest BCUT2D eigenvalue weighted by atomic mass is 79.9. The zero-order chi connectivity index (χ0) is 11.2. The van der Waals surface area contributed by atoms with E-state index in [0.29, 0.717) is 0 Å². The number of carbonyl (C=O) groups is 2. The molecule has 0 fully saturated rings. The van der Waals surface area contributed by atoms with Crippen LogP contribution in [0.5, 0.6) is 0 Å². The number of carbonyl (C=O) groups excluding carboxylic acids is 1. The Labute approximate surface area is 91.6 Å². The third kappa shape index (κ3) is 1.37. The van der Waals surface area contributed by atoms with Crippen LogP contribution >= 0.6 is 15.9 Å². The van der Waals surface area contributed by atoms with Crippen molar-refractivity contribution >= 4 is 39.6 Å². The Hall–Kier alpha value is -1.56. The number of carboxylic acid groups (broad SMARTS) is 1. The van der Waals surface area contributed by atoms with Crippen LogP contribution in [-0.4, -0.2) is 23.1 Å². The molecule has 0 saturated heterocycles. The molecule has 6 heteroatoms. The average Bonchev–Trinajstić information content (AvgIpc) is 2.49. The standard InChI is InChI=1S/C9H3BrFNO3/c10-3-1-4-6(5(13)2-12-4)7(8(3)11)9(14)15/h1-2H,(H,14,15). The Morgan fingerprint density at radius 1 is 1.53 bits per heavy atom.